The van der Waals surface area contributed by atoms with E-state index >= 15 is 0 Å². The molecule has 0 atom stereocenters. The van der Waals surface area contributed by atoms with Crippen molar-refractivity contribution in [3.63, 3.8) is 0 Å². The molecule has 0 fully saturated rings. The lowest BCUT2D eigenvalue weighted by Crippen LogP contribution is -2.26. The molecule has 0 spiro atoms. The summed E-state index contributed by atoms with van der Waals surface area (Å²) in [6, 6.07) is 36.6. The van der Waals surface area contributed by atoms with Crippen molar-refractivity contribution in [1.29, 1.82) is 0 Å². The van der Waals surface area contributed by atoms with Gasteiger partial charge in [-0.25, -0.2) is 0 Å². The third-order valence-electron chi connectivity index (χ3n) is 6.22. The van der Waals surface area contributed by atoms with Gasteiger partial charge in [0.1, 0.15) is 0 Å². The maximum Gasteiger partial charge on any atom is 0.0367 e. The maximum absolute atomic E-state index is 4.47. The molecule has 0 bridgehead atoms. The summed E-state index contributed by atoms with van der Waals surface area (Å²) >= 11 is 0. The van der Waals surface area contributed by atoms with Crippen molar-refractivity contribution in [2.24, 2.45) is 0 Å². The fourth-order valence-corrected chi connectivity index (χ4v) is 4.41. The molecule has 1 aromatic heterocycles. The molecule has 0 amide bonds. The van der Waals surface area contributed by atoms with Crippen LogP contribution in [0.2, 0.25) is 0 Å². The summed E-state index contributed by atoms with van der Waals surface area (Å²) in [5, 5.41) is 0. The van der Waals surface area contributed by atoms with E-state index in [0.717, 1.165) is 43.6 Å². The Kier molecular flexibility index (Phi) is 8.08. The van der Waals surface area contributed by atoms with Crippen LogP contribution in [-0.4, -0.2) is 23.0 Å². The third kappa shape index (κ3) is 6.43. The number of benzene rings is 3. The Morgan fingerprint density at radius 2 is 1.24 bits per heavy atom. The summed E-state index contributed by atoms with van der Waals surface area (Å²) in [7, 11) is 0. The maximum atomic E-state index is 4.47. The second-order valence-corrected chi connectivity index (χ2v) is 8.42. The molecular weight excluding hydrogens is 400 g/mol. The van der Waals surface area contributed by atoms with Gasteiger partial charge in [-0.05, 0) is 48.1 Å². The molecule has 0 aliphatic carbocycles. The molecule has 0 saturated heterocycles. The standard InChI is InChI=1S/C31H32N2/c1-26(28-19-22-32-23-20-28)33(24-11-14-27-12-5-2-6-13-27)25-21-31(29-15-7-3-8-16-29)30-17-9-4-10-18-30/h2-10,12-13,15-20,22-23,31H,1,11,14,21,24-25H2. The smallest absolute Gasteiger partial charge is 0.0367 e. The summed E-state index contributed by atoms with van der Waals surface area (Å²) in [5.41, 5.74) is 6.33. The van der Waals surface area contributed by atoms with Crippen LogP contribution in [0.4, 0.5) is 0 Å². The van der Waals surface area contributed by atoms with E-state index in [1.54, 1.807) is 0 Å². The van der Waals surface area contributed by atoms with Gasteiger partial charge in [0.05, 0.1) is 0 Å². The molecule has 4 rings (SSSR count). The van der Waals surface area contributed by atoms with E-state index < -0.39 is 0 Å². The Morgan fingerprint density at radius 3 is 1.82 bits per heavy atom. The minimum Gasteiger partial charge on any atom is -0.371 e. The summed E-state index contributed by atoms with van der Waals surface area (Å²) in [4.78, 5) is 6.64. The first-order chi connectivity index (χ1) is 16.3. The first-order valence-electron chi connectivity index (χ1n) is 11.8. The molecule has 166 valence electrons. The fourth-order valence-electron chi connectivity index (χ4n) is 4.41. The number of pyridine rings is 1. The highest BCUT2D eigenvalue weighted by Gasteiger charge is 2.17. The molecule has 1 heterocycles. The van der Waals surface area contributed by atoms with E-state index in [4.69, 9.17) is 0 Å². The molecule has 0 aliphatic heterocycles. The zero-order valence-corrected chi connectivity index (χ0v) is 19.2. The Balaban J connectivity index is 1.50. The van der Waals surface area contributed by atoms with Gasteiger partial charge in [-0.1, -0.05) is 97.6 Å². The highest BCUT2D eigenvalue weighted by Crippen LogP contribution is 2.29. The number of nitrogens with zero attached hydrogens (tertiary/aromatic N) is 2. The van der Waals surface area contributed by atoms with Crippen LogP contribution in [0, 0.1) is 0 Å². The highest BCUT2D eigenvalue weighted by molar-refractivity contribution is 5.61. The minimum absolute atomic E-state index is 0.356. The van der Waals surface area contributed by atoms with Gasteiger partial charge in [-0.3, -0.25) is 4.98 Å². The Labute approximate surface area is 198 Å². The first kappa shape index (κ1) is 22.5. The van der Waals surface area contributed by atoms with Crippen LogP contribution in [0.3, 0.4) is 0 Å². The van der Waals surface area contributed by atoms with Crippen LogP contribution in [0.25, 0.3) is 5.70 Å². The van der Waals surface area contributed by atoms with Gasteiger partial charge in [0.25, 0.3) is 0 Å². The van der Waals surface area contributed by atoms with Crippen molar-refractivity contribution >= 4 is 5.70 Å². The first-order valence-corrected chi connectivity index (χ1v) is 11.8. The molecule has 0 aliphatic rings. The third-order valence-corrected chi connectivity index (χ3v) is 6.22. The topological polar surface area (TPSA) is 16.1 Å². The van der Waals surface area contributed by atoms with Crippen molar-refractivity contribution in [1.82, 2.24) is 9.88 Å². The van der Waals surface area contributed by atoms with Crippen LogP contribution in [0.15, 0.2) is 122 Å². The van der Waals surface area contributed by atoms with Crippen LogP contribution in [0.1, 0.15) is 41.0 Å². The van der Waals surface area contributed by atoms with E-state index in [2.05, 4.69) is 120 Å². The molecule has 4 aromatic rings. The van der Waals surface area contributed by atoms with Crippen molar-refractivity contribution in [3.8, 4) is 0 Å². The van der Waals surface area contributed by atoms with Crippen LogP contribution >= 0.6 is 0 Å². The normalized spacial score (nSPS) is 10.8. The van der Waals surface area contributed by atoms with Crippen molar-refractivity contribution in [3.05, 3.63) is 144 Å². The van der Waals surface area contributed by atoms with Gasteiger partial charge in [0.2, 0.25) is 0 Å². The second kappa shape index (κ2) is 11.8. The molecule has 33 heavy (non-hydrogen) atoms. The van der Waals surface area contributed by atoms with Crippen molar-refractivity contribution in [2.45, 2.75) is 25.2 Å². The lowest BCUT2D eigenvalue weighted by Gasteiger charge is -2.29. The highest BCUT2D eigenvalue weighted by atomic mass is 15.1. The van der Waals surface area contributed by atoms with Gasteiger partial charge in [-0.15, -0.1) is 0 Å². The Hall–Kier alpha value is -3.65. The van der Waals surface area contributed by atoms with E-state index in [-0.39, 0.29) is 0 Å². The van der Waals surface area contributed by atoms with Gasteiger partial charge in [0, 0.05) is 42.7 Å². The van der Waals surface area contributed by atoms with Gasteiger partial charge < -0.3 is 4.90 Å². The van der Waals surface area contributed by atoms with Gasteiger partial charge >= 0.3 is 0 Å². The van der Waals surface area contributed by atoms with E-state index in [9.17, 15) is 0 Å². The quantitative estimate of drug-likeness (QED) is 0.249. The molecule has 0 N–H and O–H groups in total. The molecule has 2 nitrogen and oxygen atoms in total. The molecule has 0 radical (unpaired) electrons. The molecule has 0 saturated carbocycles. The average Bonchev–Trinajstić information content (AvgIpc) is 2.90. The Morgan fingerprint density at radius 1 is 0.697 bits per heavy atom. The van der Waals surface area contributed by atoms with E-state index in [1.165, 1.54) is 16.7 Å². The zero-order chi connectivity index (χ0) is 22.7. The summed E-state index contributed by atoms with van der Waals surface area (Å²) < 4.78 is 0. The Bertz CT molecular complexity index is 1050. The SMILES string of the molecule is C=C(c1ccncc1)N(CCCc1ccccc1)CCC(c1ccccc1)c1ccccc1. The number of hydrogen-bond donors (Lipinski definition) is 0. The zero-order valence-electron chi connectivity index (χ0n) is 19.2. The second-order valence-electron chi connectivity index (χ2n) is 8.42. The molecule has 2 heteroatoms. The largest absolute Gasteiger partial charge is 0.371 e. The fraction of sp³-hybridized carbons (Fsp3) is 0.194. The summed E-state index contributed by atoms with van der Waals surface area (Å²) in [5.74, 6) is 0.356. The summed E-state index contributed by atoms with van der Waals surface area (Å²) in [6.45, 7) is 6.40. The van der Waals surface area contributed by atoms with Crippen LogP contribution in [-0.2, 0) is 6.42 Å². The molecule has 3 aromatic carbocycles. The van der Waals surface area contributed by atoms with Crippen LogP contribution < -0.4 is 0 Å². The van der Waals surface area contributed by atoms with Gasteiger partial charge in [0.15, 0.2) is 0 Å². The predicted octanol–water partition coefficient (Wildman–Crippen LogP) is 7.21. The molecular formula is C31H32N2. The number of hydrogen-bond acceptors (Lipinski definition) is 2. The molecule has 0 unspecified atom stereocenters. The average molecular weight is 433 g/mol. The van der Waals surface area contributed by atoms with E-state index in [1.807, 2.05) is 12.4 Å². The van der Waals surface area contributed by atoms with Crippen molar-refractivity contribution < 1.29 is 0 Å². The summed E-state index contributed by atoms with van der Waals surface area (Å²) in [6.07, 6.45) is 6.89. The number of aryl methyl sites for hydroxylation is 1. The lowest BCUT2D eigenvalue weighted by molar-refractivity contribution is 0.375. The van der Waals surface area contributed by atoms with Crippen LogP contribution in [0.5, 0.6) is 0 Å². The predicted molar refractivity (Wildman–Crippen MR) is 139 cm³/mol. The number of rotatable bonds is 11. The minimum atomic E-state index is 0.356. The van der Waals surface area contributed by atoms with Gasteiger partial charge in [-0.2, -0.15) is 0 Å². The lowest BCUT2D eigenvalue weighted by atomic mass is 9.88. The number of aromatic nitrogens is 1. The monoisotopic (exact) mass is 432 g/mol. The van der Waals surface area contributed by atoms with Crippen molar-refractivity contribution in [2.75, 3.05) is 13.1 Å². The van der Waals surface area contributed by atoms with E-state index in [0.29, 0.717) is 5.92 Å².